The Balaban J connectivity index is 2.14. The fraction of sp³-hybridized carbons (Fsp3) is 1.00. The number of rotatable bonds is 0. The van der Waals surface area contributed by atoms with Gasteiger partial charge in [-0.25, -0.2) is 0 Å². The number of hydrogen-bond donors (Lipinski definition) is 2. The lowest BCUT2D eigenvalue weighted by Crippen LogP contribution is -2.41. The first-order valence-corrected chi connectivity index (χ1v) is 2.79. The summed E-state index contributed by atoms with van der Waals surface area (Å²) in [6.07, 6.45) is 1.21. The number of aliphatic hydroxyl groups excluding tert-OH is 1. The van der Waals surface area contributed by atoms with Crippen molar-refractivity contribution in [3.8, 4) is 0 Å². The predicted octanol–water partition coefficient (Wildman–Crippen LogP) is -0.661. The minimum Gasteiger partial charge on any atom is -0.391 e. The number of fused-ring (bicyclic) bond motifs is 1. The number of aliphatic hydroxyl groups is 1. The van der Waals surface area contributed by atoms with Crippen molar-refractivity contribution >= 4 is 0 Å². The highest BCUT2D eigenvalue weighted by Gasteiger charge is 2.45. The van der Waals surface area contributed by atoms with Crippen LogP contribution < -0.4 is 5.32 Å². The molecule has 0 spiro atoms. The molecule has 2 heteroatoms. The van der Waals surface area contributed by atoms with Crippen LogP contribution in [0.25, 0.3) is 0 Å². The van der Waals surface area contributed by atoms with Gasteiger partial charge in [-0.1, -0.05) is 0 Å². The zero-order valence-corrected chi connectivity index (χ0v) is 4.09. The summed E-state index contributed by atoms with van der Waals surface area (Å²) in [5.41, 5.74) is 0. The van der Waals surface area contributed by atoms with E-state index in [0.717, 1.165) is 6.54 Å². The molecule has 1 aliphatic carbocycles. The van der Waals surface area contributed by atoms with Gasteiger partial charge in [-0.05, 0) is 6.42 Å². The average molecular weight is 99.1 g/mol. The summed E-state index contributed by atoms with van der Waals surface area (Å²) in [4.78, 5) is 0. The van der Waals surface area contributed by atoms with Crippen molar-refractivity contribution in [1.82, 2.24) is 5.32 Å². The van der Waals surface area contributed by atoms with Gasteiger partial charge in [0.05, 0.1) is 6.10 Å². The molecule has 7 heavy (non-hydrogen) atoms. The van der Waals surface area contributed by atoms with Gasteiger partial charge in [0, 0.05) is 18.5 Å². The molecule has 3 atom stereocenters. The maximum absolute atomic E-state index is 8.98. The van der Waals surface area contributed by atoms with Crippen molar-refractivity contribution < 1.29 is 5.11 Å². The average Bonchev–Trinajstić information content (AvgIpc) is 2.18. The summed E-state index contributed by atoms with van der Waals surface area (Å²) in [7, 11) is 0. The third-order valence-corrected chi connectivity index (χ3v) is 2.09. The van der Waals surface area contributed by atoms with E-state index in [2.05, 4.69) is 5.32 Å². The van der Waals surface area contributed by atoms with Crippen LogP contribution in [-0.4, -0.2) is 23.8 Å². The van der Waals surface area contributed by atoms with E-state index in [1.165, 1.54) is 6.42 Å². The molecule has 0 aromatic carbocycles. The lowest BCUT2D eigenvalue weighted by atomic mass is 9.83. The lowest BCUT2D eigenvalue weighted by Gasteiger charge is -2.28. The summed E-state index contributed by atoms with van der Waals surface area (Å²) in [6, 6.07) is 0.463. The molecule has 2 bridgehead atoms. The van der Waals surface area contributed by atoms with Crippen molar-refractivity contribution in [2.75, 3.05) is 6.54 Å². The Hall–Kier alpha value is -0.0800. The van der Waals surface area contributed by atoms with E-state index in [0.29, 0.717) is 12.0 Å². The number of hydrogen-bond acceptors (Lipinski definition) is 2. The summed E-state index contributed by atoms with van der Waals surface area (Å²) >= 11 is 0. The monoisotopic (exact) mass is 99.1 g/mol. The molecule has 0 unspecified atom stereocenters. The fourth-order valence-electron chi connectivity index (χ4n) is 1.45. The van der Waals surface area contributed by atoms with Gasteiger partial charge in [-0.3, -0.25) is 0 Å². The van der Waals surface area contributed by atoms with Crippen molar-refractivity contribution in [1.29, 1.82) is 0 Å². The van der Waals surface area contributed by atoms with Gasteiger partial charge in [0.1, 0.15) is 0 Å². The van der Waals surface area contributed by atoms with Gasteiger partial charge < -0.3 is 10.4 Å². The summed E-state index contributed by atoms with van der Waals surface area (Å²) in [5.74, 6) is 0.602. The molecule has 2 nitrogen and oxygen atoms in total. The maximum atomic E-state index is 8.98. The predicted molar refractivity (Wildman–Crippen MR) is 25.9 cm³/mol. The van der Waals surface area contributed by atoms with E-state index >= 15 is 0 Å². The fourth-order valence-corrected chi connectivity index (χ4v) is 1.45. The van der Waals surface area contributed by atoms with Crippen LogP contribution in [0.4, 0.5) is 0 Å². The van der Waals surface area contributed by atoms with E-state index < -0.39 is 0 Å². The van der Waals surface area contributed by atoms with Crippen LogP contribution >= 0.6 is 0 Å². The third-order valence-electron chi connectivity index (χ3n) is 2.09. The van der Waals surface area contributed by atoms with Crippen LogP contribution in [0.15, 0.2) is 0 Å². The molecule has 3 aliphatic rings. The van der Waals surface area contributed by atoms with Crippen LogP contribution in [0.3, 0.4) is 0 Å². The Morgan fingerprint density at radius 1 is 1.57 bits per heavy atom. The van der Waals surface area contributed by atoms with Gasteiger partial charge in [0.15, 0.2) is 0 Å². The maximum Gasteiger partial charge on any atom is 0.0734 e. The Labute approximate surface area is 42.5 Å². The second-order valence-corrected chi connectivity index (χ2v) is 2.50. The zero-order chi connectivity index (χ0) is 4.85. The third kappa shape index (κ3) is 0.318. The van der Waals surface area contributed by atoms with Gasteiger partial charge in [-0.15, -0.1) is 0 Å². The molecule has 2 N–H and O–H groups in total. The molecular formula is C5H9NO. The van der Waals surface area contributed by atoms with Crippen molar-refractivity contribution in [2.24, 2.45) is 5.92 Å². The highest BCUT2D eigenvalue weighted by Crippen LogP contribution is 2.33. The first-order valence-electron chi connectivity index (χ1n) is 2.79. The topological polar surface area (TPSA) is 32.3 Å². The van der Waals surface area contributed by atoms with Crippen LogP contribution in [0, 0.1) is 5.92 Å². The van der Waals surface area contributed by atoms with Crippen molar-refractivity contribution in [3.05, 3.63) is 0 Å². The van der Waals surface area contributed by atoms with E-state index in [1.807, 2.05) is 0 Å². The Kier molecular flexibility index (Phi) is 0.557. The molecule has 2 aliphatic heterocycles. The van der Waals surface area contributed by atoms with Gasteiger partial charge in [-0.2, -0.15) is 0 Å². The van der Waals surface area contributed by atoms with E-state index in [4.69, 9.17) is 5.11 Å². The molecule has 1 saturated carbocycles. The molecule has 0 radical (unpaired) electrons. The van der Waals surface area contributed by atoms with Crippen LogP contribution in [0.1, 0.15) is 6.42 Å². The second-order valence-electron chi connectivity index (χ2n) is 2.50. The largest absolute Gasteiger partial charge is 0.391 e. The molecule has 2 heterocycles. The Morgan fingerprint density at radius 3 is 2.57 bits per heavy atom. The molecular weight excluding hydrogens is 90.1 g/mol. The molecule has 40 valence electrons. The molecule has 0 amide bonds. The lowest BCUT2D eigenvalue weighted by molar-refractivity contribution is 0.0447. The summed E-state index contributed by atoms with van der Waals surface area (Å²) in [5, 5.41) is 12.2. The molecule has 2 saturated heterocycles. The SMILES string of the molecule is O[C@@H]1[C@@H]2CN[C@H]1C2. The smallest absolute Gasteiger partial charge is 0.0734 e. The minimum absolute atomic E-state index is 0.000000000000000222. The van der Waals surface area contributed by atoms with E-state index in [9.17, 15) is 0 Å². The second kappa shape index (κ2) is 1.01. The highest BCUT2D eigenvalue weighted by atomic mass is 16.3. The quantitative estimate of drug-likeness (QED) is 0.422. The first kappa shape index (κ1) is 3.87. The van der Waals surface area contributed by atoms with E-state index in [1.54, 1.807) is 0 Å². The van der Waals surface area contributed by atoms with Crippen LogP contribution in [0.5, 0.6) is 0 Å². The van der Waals surface area contributed by atoms with E-state index in [-0.39, 0.29) is 6.10 Å². The first-order chi connectivity index (χ1) is 3.38. The zero-order valence-electron chi connectivity index (χ0n) is 4.09. The highest BCUT2D eigenvalue weighted by molar-refractivity contribution is 5.02. The van der Waals surface area contributed by atoms with Crippen molar-refractivity contribution in [3.63, 3.8) is 0 Å². The minimum atomic E-state index is -0.000000000000000222. The van der Waals surface area contributed by atoms with Crippen LogP contribution in [-0.2, 0) is 0 Å². The Bertz CT molecular complexity index is 80.1. The van der Waals surface area contributed by atoms with Crippen molar-refractivity contribution in [2.45, 2.75) is 18.6 Å². The van der Waals surface area contributed by atoms with Gasteiger partial charge >= 0.3 is 0 Å². The molecule has 0 aromatic rings. The van der Waals surface area contributed by atoms with Gasteiger partial charge in [0.25, 0.3) is 0 Å². The standard InChI is InChI=1S/C5H9NO/c7-5-3-1-4(5)6-2-3/h3-7H,1-2H2/t3-,4-,5+/m0/s1. The molecule has 3 rings (SSSR count). The number of nitrogens with one attached hydrogen (secondary N) is 1. The van der Waals surface area contributed by atoms with Crippen LogP contribution in [0.2, 0.25) is 0 Å². The Morgan fingerprint density at radius 2 is 2.43 bits per heavy atom. The molecule has 0 aromatic heterocycles. The van der Waals surface area contributed by atoms with Gasteiger partial charge in [0.2, 0.25) is 0 Å². The molecule has 3 fully saturated rings. The summed E-state index contributed by atoms with van der Waals surface area (Å²) in [6.45, 7) is 1.05. The summed E-state index contributed by atoms with van der Waals surface area (Å²) < 4.78 is 0. The normalized spacial score (nSPS) is 57.0.